The fourth-order valence-corrected chi connectivity index (χ4v) is 4.12. The van der Waals surface area contributed by atoms with Gasteiger partial charge in [-0.05, 0) is 37.3 Å². The summed E-state index contributed by atoms with van der Waals surface area (Å²) >= 11 is 0. The van der Waals surface area contributed by atoms with Crippen LogP contribution in [0.1, 0.15) is 43.4 Å². The molecule has 0 radical (unpaired) electrons. The first-order chi connectivity index (χ1) is 13.0. The number of nitrogens with zero attached hydrogens (tertiary/aromatic N) is 1. The summed E-state index contributed by atoms with van der Waals surface area (Å²) in [6, 6.07) is 20.3. The number of amides is 1. The molecule has 1 heterocycles. The lowest BCUT2D eigenvalue weighted by Gasteiger charge is -2.49. The van der Waals surface area contributed by atoms with E-state index >= 15 is 0 Å². The Morgan fingerprint density at radius 3 is 2.37 bits per heavy atom. The van der Waals surface area contributed by atoms with E-state index in [0.29, 0.717) is 6.42 Å². The lowest BCUT2D eigenvalue weighted by Crippen LogP contribution is -2.62. The second kappa shape index (κ2) is 7.45. The molecule has 2 N–H and O–H groups in total. The zero-order chi connectivity index (χ0) is 18.9. The fraction of sp³-hybridized carbons (Fsp3) is 0.435. The number of aliphatic hydroxyl groups is 1. The SMILES string of the molecule is C[C@@]1(O)CCN(Cc2ccccc2)[C@@H](c2ccccc2)[C@@H]1NC(=O)C1CC1. The molecule has 4 rings (SSSR count). The van der Waals surface area contributed by atoms with Crippen LogP contribution in [-0.2, 0) is 11.3 Å². The first kappa shape index (κ1) is 18.2. The highest BCUT2D eigenvalue weighted by Crippen LogP contribution is 2.39. The van der Waals surface area contributed by atoms with E-state index in [4.69, 9.17) is 0 Å². The average molecular weight is 364 g/mol. The van der Waals surface area contributed by atoms with Gasteiger partial charge in [-0.1, -0.05) is 60.7 Å². The van der Waals surface area contributed by atoms with Crippen LogP contribution < -0.4 is 5.32 Å². The molecule has 0 spiro atoms. The van der Waals surface area contributed by atoms with Crippen molar-refractivity contribution < 1.29 is 9.90 Å². The van der Waals surface area contributed by atoms with Crippen molar-refractivity contribution in [1.82, 2.24) is 10.2 Å². The first-order valence-electron chi connectivity index (χ1n) is 9.90. The maximum absolute atomic E-state index is 12.6. The molecule has 4 nitrogen and oxygen atoms in total. The van der Waals surface area contributed by atoms with Crippen molar-refractivity contribution in [2.45, 2.75) is 50.4 Å². The second-order valence-corrected chi connectivity index (χ2v) is 8.18. The molecule has 1 saturated heterocycles. The van der Waals surface area contributed by atoms with E-state index in [2.05, 4.69) is 46.6 Å². The Kier molecular flexibility index (Phi) is 5.02. The van der Waals surface area contributed by atoms with Crippen LogP contribution in [0.25, 0.3) is 0 Å². The summed E-state index contributed by atoms with van der Waals surface area (Å²) in [5, 5.41) is 14.4. The van der Waals surface area contributed by atoms with Crippen LogP contribution in [0.5, 0.6) is 0 Å². The van der Waals surface area contributed by atoms with Gasteiger partial charge < -0.3 is 10.4 Å². The maximum atomic E-state index is 12.6. The Labute approximate surface area is 161 Å². The number of rotatable bonds is 5. The lowest BCUT2D eigenvalue weighted by atomic mass is 9.79. The molecule has 3 atom stereocenters. The van der Waals surface area contributed by atoms with E-state index in [1.54, 1.807) is 0 Å². The van der Waals surface area contributed by atoms with Crippen LogP contribution in [0.4, 0.5) is 0 Å². The molecule has 1 saturated carbocycles. The van der Waals surface area contributed by atoms with E-state index in [0.717, 1.165) is 31.5 Å². The van der Waals surface area contributed by atoms with Crippen molar-refractivity contribution in [1.29, 1.82) is 0 Å². The average Bonchev–Trinajstić information content (AvgIpc) is 3.51. The number of hydrogen-bond acceptors (Lipinski definition) is 3. The van der Waals surface area contributed by atoms with Crippen molar-refractivity contribution in [3.8, 4) is 0 Å². The van der Waals surface area contributed by atoms with Crippen LogP contribution >= 0.6 is 0 Å². The predicted molar refractivity (Wildman–Crippen MR) is 106 cm³/mol. The third-order valence-electron chi connectivity index (χ3n) is 5.90. The Bertz CT molecular complexity index is 771. The standard InChI is InChI=1S/C23H28N2O2/c1-23(27)14-15-25(16-17-8-4-2-5-9-17)20(18-10-6-3-7-11-18)21(23)24-22(26)19-12-13-19/h2-11,19-21,27H,12-16H2,1H3,(H,24,26)/t20-,21-,23+/m0/s1. The van der Waals surface area contributed by atoms with Crippen molar-refractivity contribution in [3.63, 3.8) is 0 Å². The van der Waals surface area contributed by atoms with Gasteiger partial charge in [0.15, 0.2) is 0 Å². The normalized spacial score (nSPS) is 28.7. The number of nitrogens with one attached hydrogen (secondary N) is 1. The monoisotopic (exact) mass is 364 g/mol. The number of piperidine rings is 1. The second-order valence-electron chi connectivity index (χ2n) is 8.18. The molecule has 0 aromatic heterocycles. The van der Waals surface area contributed by atoms with Crippen molar-refractivity contribution >= 4 is 5.91 Å². The van der Waals surface area contributed by atoms with Crippen LogP contribution in [0.2, 0.25) is 0 Å². The zero-order valence-corrected chi connectivity index (χ0v) is 15.8. The molecule has 2 aromatic carbocycles. The minimum atomic E-state index is -0.932. The number of carbonyl (C=O) groups is 1. The molecule has 2 aliphatic rings. The van der Waals surface area contributed by atoms with Gasteiger partial charge >= 0.3 is 0 Å². The summed E-state index contributed by atoms with van der Waals surface area (Å²) < 4.78 is 0. The summed E-state index contributed by atoms with van der Waals surface area (Å²) in [4.78, 5) is 15.0. The molecular weight excluding hydrogens is 336 g/mol. The molecule has 2 fully saturated rings. The van der Waals surface area contributed by atoms with Crippen molar-refractivity contribution in [2.75, 3.05) is 6.54 Å². The smallest absolute Gasteiger partial charge is 0.223 e. The van der Waals surface area contributed by atoms with Crippen LogP contribution in [0.3, 0.4) is 0 Å². The molecule has 1 aliphatic heterocycles. The van der Waals surface area contributed by atoms with E-state index in [1.165, 1.54) is 5.56 Å². The molecular formula is C23H28N2O2. The van der Waals surface area contributed by atoms with Gasteiger partial charge in [0.25, 0.3) is 0 Å². The summed E-state index contributed by atoms with van der Waals surface area (Å²) in [6.45, 7) is 3.45. The highest BCUT2D eigenvalue weighted by molar-refractivity contribution is 5.81. The quantitative estimate of drug-likeness (QED) is 0.856. The molecule has 1 amide bonds. The van der Waals surface area contributed by atoms with Gasteiger partial charge in [0.2, 0.25) is 5.91 Å². The lowest BCUT2D eigenvalue weighted by molar-refractivity contribution is -0.130. The van der Waals surface area contributed by atoms with Gasteiger partial charge in [-0.2, -0.15) is 0 Å². The minimum absolute atomic E-state index is 0.0575. The third-order valence-corrected chi connectivity index (χ3v) is 5.90. The summed E-state index contributed by atoms with van der Waals surface area (Å²) in [5.41, 5.74) is 1.44. The van der Waals surface area contributed by atoms with Gasteiger partial charge in [0, 0.05) is 19.0 Å². The molecule has 1 aliphatic carbocycles. The highest BCUT2D eigenvalue weighted by atomic mass is 16.3. The van der Waals surface area contributed by atoms with Gasteiger partial charge in [0.05, 0.1) is 17.7 Å². The topological polar surface area (TPSA) is 52.6 Å². The number of carbonyl (C=O) groups excluding carboxylic acids is 1. The third kappa shape index (κ3) is 4.07. The Balaban J connectivity index is 1.66. The van der Waals surface area contributed by atoms with E-state index in [1.807, 2.05) is 31.2 Å². The predicted octanol–water partition coefficient (Wildman–Crippen LogP) is 3.28. The van der Waals surface area contributed by atoms with Gasteiger partial charge in [-0.25, -0.2) is 0 Å². The van der Waals surface area contributed by atoms with Gasteiger partial charge in [0.1, 0.15) is 0 Å². The highest BCUT2D eigenvalue weighted by Gasteiger charge is 2.47. The van der Waals surface area contributed by atoms with Gasteiger partial charge in [-0.15, -0.1) is 0 Å². The molecule has 27 heavy (non-hydrogen) atoms. The first-order valence-corrected chi connectivity index (χ1v) is 9.90. The number of hydrogen-bond donors (Lipinski definition) is 2. The fourth-order valence-electron chi connectivity index (χ4n) is 4.12. The Hall–Kier alpha value is -2.17. The van der Waals surface area contributed by atoms with Crippen LogP contribution in [0.15, 0.2) is 60.7 Å². The van der Waals surface area contributed by atoms with E-state index in [9.17, 15) is 9.90 Å². The molecule has 142 valence electrons. The zero-order valence-electron chi connectivity index (χ0n) is 15.8. The molecule has 2 aromatic rings. The largest absolute Gasteiger partial charge is 0.388 e. The van der Waals surface area contributed by atoms with Gasteiger partial charge in [-0.3, -0.25) is 9.69 Å². The Morgan fingerprint density at radius 1 is 1.11 bits per heavy atom. The summed E-state index contributed by atoms with van der Waals surface area (Å²) in [5.74, 6) is 0.212. The van der Waals surface area contributed by atoms with Crippen molar-refractivity contribution in [2.24, 2.45) is 5.92 Å². The Morgan fingerprint density at radius 2 is 1.74 bits per heavy atom. The van der Waals surface area contributed by atoms with Crippen molar-refractivity contribution in [3.05, 3.63) is 71.8 Å². The number of likely N-dealkylation sites (tertiary alicyclic amines) is 1. The van der Waals surface area contributed by atoms with Crippen LogP contribution in [-0.4, -0.2) is 34.1 Å². The minimum Gasteiger partial charge on any atom is -0.388 e. The molecule has 0 bridgehead atoms. The van der Waals surface area contributed by atoms with Crippen LogP contribution in [0, 0.1) is 5.92 Å². The number of benzene rings is 2. The molecule has 4 heteroatoms. The molecule has 0 unspecified atom stereocenters. The summed E-state index contributed by atoms with van der Waals surface area (Å²) in [7, 11) is 0. The summed E-state index contributed by atoms with van der Waals surface area (Å²) in [6.07, 6.45) is 2.56. The maximum Gasteiger partial charge on any atom is 0.223 e. The van der Waals surface area contributed by atoms with E-state index < -0.39 is 5.60 Å². The van der Waals surface area contributed by atoms with E-state index in [-0.39, 0.29) is 23.9 Å².